The van der Waals surface area contributed by atoms with Crippen molar-refractivity contribution in [3.63, 3.8) is 0 Å². The number of anilines is 1. The summed E-state index contributed by atoms with van der Waals surface area (Å²) < 4.78 is 19.3. The average molecular weight is 345 g/mol. The number of aromatic nitrogens is 2. The highest BCUT2D eigenvalue weighted by Crippen LogP contribution is 2.21. The first kappa shape index (κ1) is 18.5. The van der Waals surface area contributed by atoms with Gasteiger partial charge in [-0.05, 0) is 57.0 Å². The Balaban J connectivity index is 2.41. The second kappa shape index (κ2) is 7.38. The molecule has 2 heterocycles. The van der Waals surface area contributed by atoms with Gasteiger partial charge in [0.25, 0.3) is 0 Å². The van der Waals surface area contributed by atoms with Gasteiger partial charge in [-0.3, -0.25) is 14.7 Å². The minimum absolute atomic E-state index is 0.0561. The van der Waals surface area contributed by atoms with Crippen LogP contribution in [0.3, 0.4) is 0 Å². The number of carbonyl (C=O) groups excluding carboxylic acids is 2. The van der Waals surface area contributed by atoms with E-state index in [9.17, 15) is 14.0 Å². The molecule has 0 aliphatic carbocycles. The number of ether oxygens (including phenoxy) is 1. The van der Waals surface area contributed by atoms with Crippen molar-refractivity contribution in [2.24, 2.45) is 0 Å². The highest BCUT2D eigenvalue weighted by atomic mass is 19.1. The molecule has 0 saturated heterocycles. The number of hydrogen-bond donors (Lipinski definition) is 0. The van der Waals surface area contributed by atoms with E-state index in [2.05, 4.69) is 9.97 Å². The van der Waals surface area contributed by atoms with Crippen LogP contribution < -0.4 is 4.90 Å². The Morgan fingerprint density at radius 1 is 1.32 bits per heavy atom. The summed E-state index contributed by atoms with van der Waals surface area (Å²) in [6, 6.07) is 4.49. The number of pyridine rings is 2. The Morgan fingerprint density at radius 3 is 2.60 bits per heavy atom. The Kier molecular flexibility index (Phi) is 5.46. The van der Waals surface area contributed by atoms with Crippen molar-refractivity contribution in [3.05, 3.63) is 53.2 Å². The maximum atomic E-state index is 13.9. The smallest absolute Gasteiger partial charge is 0.416 e. The number of carbonyl (C=O) groups is 2. The van der Waals surface area contributed by atoms with Crippen LogP contribution >= 0.6 is 0 Å². The lowest BCUT2D eigenvalue weighted by atomic mass is 10.1. The summed E-state index contributed by atoms with van der Waals surface area (Å²) in [6.45, 7) is 7.21. The zero-order chi connectivity index (χ0) is 18.6. The van der Waals surface area contributed by atoms with Crippen LogP contribution in [-0.2, 0) is 11.3 Å². The first-order chi connectivity index (χ1) is 11.7. The molecule has 2 aromatic heterocycles. The van der Waals surface area contributed by atoms with Crippen LogP contribution in [0, 0.1) is 12.9 Å². The second-order valence-corrected chi connectivity index (χ2v) is 6.54. The molecule has 0 saturated carbocycles. The standard InChI is InChI=1S/C18H20FN3O3/c1-12-7-8-20-9-14(12)10-22(17(24)25-18(2,3)4)15-6-5-13(11-23)16(19)21-15/h5-9,11H,10H2,1-4H3. The topological polar surface area (TPSA) is 72.4 Å². The Labute approximate surface area is 145 Å². The maximum absolute atomic E-state index is 13.9. The molecular formula is C18H20FN3O3. The summed E-state index contributed by atoms with van der Waals surface area (Å²) in [7, 11) is 0. The number of rotatable bonds is 4. The molecule has 2 rings (SSSR count). The van der Waals surface area contributed by atoms with E-state index in [-0.39, 0.29) is 17.9 Å². The normalized spacial score (nSPS) is 11.1. The fourth-order valence-electron chi connectivity index (χ4n) is 2.06. The van der Waals surface area contributed by atoms with Gasteiger partial charge in [0.15, 0.2) is 6.29 Å². The van der Waals surface area contributed by atoms with Gasteiger partial charge in [-0.15, -0.1) is 0 Å². The third-order valence-corrected chi connectivity index (χ3v) is 3.36. The van der Waals surface area contributed by atoms with Crippen molar-refractivity contribution in [1.29, 1.82) is 0 Å². The SMILES string of the molecule is Cc1ccncc1CN(C(=O)OC(C)(C)C)c1ccc(C=O)c(F)n1. The van der Waals surface area contributed by atoms with Crippen LogP contribution in [0.2, 0.25) is 0 Å². The third kappa shape index (κ3) is 4.82. The van der Waals surface area contributed by atoms with E-state index >= 15 is 0 Å². The second-order valence-electron chi connectivity index (χ2n) is 6.54. The predicted molar refractivity (Wildman–Crippen MR) is 91.0 cm³/mol. The summed E-state index contributed by atoms with van der Waals surface area (Å²) in [5, 5.41) is 0. The van der Waals surface area contributed by atoms with Gasteiger partial charge < -0.3 is 4.74 Å². The summed E-state index contributed by atoms with van der Waals surface area (Å²) in [6.07, 6.45) is 2.98. The van der Waals surface area contributed by atoms with Crippen LogP contribution in [0.5, 0.6) is 0 Å². The fraction of sp³-hybridized carbons (Fsp3) is 0.333. The molecule has 0 N–H and O–H groups in total. The Hall–Kier alpha value is -2.83. The van der Waals surface area contributed by atoms with E-state index in [0.717, 1.165) is 11.1 Å². The largest absolute Gasteiger partial charge is 0.443 e. The van der Waals surface area contributed by atoms with Gasteiger partial charge in [0.1, 0.15) is 11.4 Å². The molecule has 0 fully saturated rings. The van der Waals surface area contributed by atoms with Crippen molar-refractivity contribution in [1.82, 2.24) is 9.97 Å². The van der Waals surface area contributed by atoms with Gasteiger partial charge in [0.05, 0.1) is 12.1 Å². The number of amides is 1. The third-order valence-electron chi connectivity index (χ3n) is 3.36. The molecule has 2 aromatic rings. The van der Waals surface area contributed by atoms with Crippen LogP contribution in [0.25, 0.3) is 0 Å². The first-order valence-electron chi connectivity index (χ1n) is 7.73. The number of aldehydes is 1. The van der Waals surface area contributed by atoms with Crippen LogP contribution in [0.4, 0.5) is 15.0 Å². The van der Waals surface area contributed by atoms with Gasteiger partial charge in [-0.2, -0.15) is 4.39 Å². The van der Waals surface area contributed by atoms with Crippen molar-refractivity contribution in [2.45, 2.75) is 39.8 Å². The van der Waals surface area contributed by atoms with Crippen molar-refractivity contribution in [3.8, 4) is 0 Å². The van der Waals surface area contributed by atoms with Crippen molar-refractivity contribution < 1.29 is 18.7 Å². The molecule has 0 aromatic carbocycles. The molecule has 0 unspecified atom stereocenters. The van der Waals surface area contributed by atoms with Crippen LogP contribution in [-0.4, -0.2) is 27.9 Å². The zero-order valence-corrected chi connectivity index (χ0v) is 14.6. The summed E-state index contributed by atoms with van der Waals surface area (Å²) in [4.78, 5) is 32.4. The number of nitrogens with zero attached hydrogens (tertiary/aromatic N) is 3. The molecule has 6 nitrogen and oxygen atoms in total. The van der Waals surface area contributed by atoms with E-state index in [1.54, 1.807) is 33.2 Å². The zero-order valence-electron chi connectivity index (χ0n) is 14.6. The monoisotopic (exact) mass is 345 g/mol. The molecule has 25 heavy (non-hydrogen) atoms. The molecule has 0 bridgehead atoms. The quantitative estimate of drug-likeness (QED) is 0.624. The molecule has 0 atom stereocenters. The Morgan fingerprint density at radius 2 is 2.04 bits per heavy atom. The Bertz CT molecular complexity index is 787. The van der Waals surface area contributed by atoms with Gasteiger partial charge in [-0.25, -0.2) is 9.78 Å². The number of halogens is 1. The van der Waals surface area contributed by atoms with Gasteiger partial charge in [0, 0.05) is 12.4 Å². The van der Waals surface area contributed by atoms with Gasteiger partial charge in [-0.1, -0.05) is 0 Å². The molecule has 0 aliphatic rings. The average Bonchev–Trinajstić information content (AvgIpc) is 2.52. The molecule has 0 aliphatic heterocycles. The number of aryl methyl sites for hydroxylation is 1. The molecule has 0 radical (unpaired) electrons. The predicted octanol–water partition coefficient (Wildman–Crippen LogP) is 3.68. The van der Waals surface area contributed by atoms with E-state index in [0.29, 0.717) is 6.29 Å². The van der Waals surface area contributed by atoms with Crippen LogP contribution in [0.1, 0.15) is 42.3 Å². The summed E-state index contributed by atoms with van der Waals surface area (Å²) >= 11 is 0. The summed E-state index contributed by atoms with van der Waals surface area (Å²) in [5.41, 5.74) is 0.801. The highest BCUT2D eigenvalue weighted by Gasteiger charge is 2.25. The van der Waals surface area contributed by atoms with Crippen molar-refractivity contribution >= 4 is 18.2 Å². The van der Waals surface area contributed by atoms with E-state index < -0.39 is 17.6 Å². The van der Waals surface area contributed by atoms with E-state index in [1.165, 1.54) is 17.0 Å². The number of hydrogen-bond acceptors (Lipinski definition) is 5. The van der Waals surface area contributed by atoms with Crippen molar-refractivity contribution in [2.75, 3.05) is 4.90 Å². The van der Waals surface area contributed by atoms with E-state index in [4.69, 9.17) is 4.74 Å². The fourth-order valence-corrected chi connectivity index (χ4v) is 2.06. The lowest BCUT2D eigenvalue weighted by Crippen LogP contribution is -2.37. The molecule has 0 spiro atoms. The van der Waals surface area contributed by atoms with Crippen LogP contribution in [0.15, 0.2) is 30.6 Å². The first-order valence-corrected chi connectivity index (χ1v) is 7.73. The van der Waals surface area contributed by atoms with Gasteiger partial charge in [0.2, 0.25) is 5.95 Å². The van der Waals surface area contributed by atoms with Gasteiger partial charge >= 0.3 is 6.09 Å². The molecule has 132 valence electrons. The summed E-state index contributed by atoms with van der Waals surface area (Å²) in [5.74, 6) is -0.885. The lowest BCUT2D eigenvalue weighted by molar-refractivity contribution is 0.0576. The highest BCUT2D eigenvalue weighted by molar-refractivity contribution is 5.87. The molecule has 7 heteroatoms. The molecule has 1 amide bonds. The minimum atomic E-state index is -0.941. The molecular weight excluding hydrogens is 325 g/mol. The maximum Gasteiger partial charge on any atom is 0.416 e. The minimum Gasteiger partial charge on any atom is -0.443 e. The van der Waals surface area contributed by atoms with E-state index in [1.807, 2.05) is 13.0 Å². The lowest BCUT2D eigenvalue weighted by Gasteiger charge is -2.27.